The van der Waals surface area contributed by atoms with E-state index < -0.39 is 70.3 Å². The van der Waals surface area contributed by atoms with E-state index in [2.05, 4.69) is 52.3 Å². The quantitative estimate of drug-likeness (QED) is 0.0521. The van der Waals surface area contributed by atoms with E-state index in [0.717, 1.165) is 12.8 Å². The topological polar surface area (TPSA) is 320 Å². The van der Waals surface area contributed by atoms with Crippen LogP contribution in [0.1, 0.15) is 109 Å². The van der Waals surface area contributed by atoms with Crippen LogP contribution in [0.2, 0.25) is 0 Å². The largest absolute Gasteiger partial charge is 0.506 e. The lowest BCUT2D eigenvalue weighted by atomic mass is 9.87. The minimum absolute atomic E-state index is 0.0396. The fourth-order valence-electron chi connectivity index (χ4n) is 8.64. The molecule has 72 heavy (non-hydrogen) atoms. The highest BCUT2D eigenvalue weighted by Gasteiger charge is 2.35. The van der Waals surface area contributed by atoms with Crippen LogP contribution >= 0.6 is 0 Å². The van der Waals surface area contributed by atoms with E-state index in [1.807, 2.05) is 0 Å². The molecule has 4 aromatic carbocycles. The number of carbonyl (C=O) groups excluding carboxylic acids is 8. The molecule has 0 heterocycles. The molecule has 1 aliphatic carbocycles. The summed E-state index contributed by atoms with van der Waals surface area (Å²) in [6, 6.07) is 16.4. The highest BCUT2D eigenvalue weighted by atomic mass is 16.3. The van der Waals surface area contributed by atoms with Crippen LogP contribution in [-0.4, -0.2) is 170 Å². The Hall–Kier alpha value is -8.24. The Morgan fingerprint density at radius 1 is 0.375 bits per heavy atom. The standard InChI is InChI=1S/C50H62N10O12/c1-51-43(65)29-11-7-15-33(39(29)61)47(69)55-21-25-59(26-22-56-48(70)34-16-8-12-30(40(34)62)44(66)52-2)37-19-5-6-20-38(37)60(27-23-57-49(71)35-17-9-13-31(41(35)63)45(67)53-3)28-24-58-50(72)36-18-10-14-32(42(36)64)46(68)54-4/h7-18,37-38,61-64H,5-6,19-28H2,1-4H3,(H,51,65)(H,52,66)(H,53,67)(H,54,68)(H,55,69)(H,56,70)(H,57,71)(H,58,72)/t37-,38-/m1/s1. The Kier molecular flexibility index (Phi) is 19.8. The molecule has 0 unspecified atom stereocenters. The number of nitrogens with zero attached hydrogens (tertiary/aromatic N) is 2. The molecule has 0 spiro atoms. The number of phenolic OH excluding ortho intramolecular Hbond substituents is 4. The predicted octanol–water partition coefficient (Wildman–Crippen LogP) is 0.882. The normalized spacial score (nSPS) is 14.1. The first kappa shape index (κ1) is 54.7. The van der Waals surface area contributed by atoms with Gasteiger partial charge in [0.2, 0.25) is 0 Å². The molecule has 8 amide bonds. The van der Waals surface area contributed by atoms with Gasteiger partial charge in [0, 0.05) is 92.6 Å². The van der Waals surface area contributed by atoms with Crippen molar-refractivity contribution in [1.82, 2.24) is 52.3 Å². The molecule has 0 aromatic heterocycles. The molecule has 2 atom stereocenters. The average Bonchev–Trinajstić information content (AvgIpc) is 3.39. The second-order valence-corrected chi connectivity index (χ2v) is 16.6. The van der Waals surface area contributed by atoms with Crippen molar-refractivity contribution in [1.29, 1.82) is 0 Å². The fraction of sp³-hybridized carbons (Fsp3) is 0.360. The van der Waals surface area contributed by atoms with E-state index in [1.165, 1.54) is 101 Å². The fourth-order valence-corrected chi connectivity index (χ4v) is 8.64. The number of phenols is 4. The number of aromatic hydroxyl groups is 4. The number of hydrogen-bond donors (Lipinski definition) is 12. The first-order valence-corrected chi connectivity index (χ1v) is 23.3. The Morgan fingerprint density at radius 3 is 0.764 bits per heavy atom. The van der Waals surface area contributed by atoms with Gasteiger partial charge in [-0.2, -0.15) is 0 Å². The molecular weight excluding hydrogens is 933 g/mol. The number of amides is 8. The number of hydrogen-bond acceptors (Lipinski definition) is 14. The van der Waals surface area contributed by atoms with Gasteiger partial charge in [0.05, 0.1) is 44.5 Å². The van der Waals surface area contributed by atoms with Gasteiger partial charge in [-0.05, 0) is 61.4 Å². The average molecular weight is 995 g/mol. The van der Waals surface area contributed by atoms with Crippen LogP contribution in [0.25, 0.3) is 0 Å². The van der Waals surface area contributed by atoms with E-state index in [9.17, 15) is 58.8 Å². The van der Waals surface area contributed by atoms with Gasteiger partial charge in [0.15, 0.2) is 0 Å². The van der Waals surface area contributed by atoms with Crippen LogP contribution in [0.5, 0.6) is 23.0 Å². The minimum atomic E-state index is -0.648. The van der Waals surface area contributed by atoms with Crippen LogP contribution in [-0.2, 0) is 0 Å². The third-order valence-corrected chi connectivity index (χ3v) is 12.4. The summed E-state index contributed by atoms with van der Waals surface area (Å²) >= 11 is 0. The molecular formula is C50H62N10O12. The lowest BCUT2D eigenvalue weighted by Crippen LogP contribution is -2.57. The minimum Gasteiger partial charge on any atom is -0.506 e. The third-order valence-electron chi connectivity index (χ3n) is 12.4. The van der Waals surface area contributed by atoms with Crippen molar-refractivity contribution >= 4 is 47.3 Å². The van der Waals surface area contributed by atoms with Crippen molar-refractivity contribution in [3.05, 3.63) is 117 Å². The lowest BCUT2D eigenvalue weighted by molar-refractivity contribution is 0.0474. The highest BCUT2D eigenvalue weighted by molar-refractivity contribution is 6.06. The van der Waals surface area contributed by atoms with Crippen LogP contribution < -0.4 is 42.5 Å². The van der Waals surface area contributed by atoms with Crippen molar-refractivity contribution in [3.8, 4) is 23.0 Å². The van der Waals surface area contributed by atoms with E-state index >= 15 is 0 Å². The zero-order valence-electron chi connectivity index (χ0n) is 40.5. The lowest BCUT2D eigenvalue weighted by Gasteiger charge is -2.45. The summed E-state index contributed by atoms with van der Waals surface area (Å²) < 4.78 is 0. The van der Waals surface area contributed by atoms with Crippen molar-refractivity contribution in [2.75, 3.05) is 80.5 Å². The smallest absolute Gasteiger partial charge is 0.255 e. The van der Waals surface area contributed by atoms with Gasteiger partial charge in [-0.25, -0.2) is 0 Å². The molecule has 12 N–H and O–H groups in total. The summed E-state index contributed by atoms with van der Waals surface area (Å²) in [7, 11) is 5.57. The van der Waals surface area contributed by atoms with Crippen LogP contribution in [0.3, 0.4) is 0 Å². The Labute approximate surface area is 415 Å². The number of para-hydroxylation sites is 4. The molecule has 0 aliphatic heterocycles. The molecule has 22 nitrogen and oxygen atoms in total. The van der Waals surface area contributed by atoms with Crippen molar-refractivity contribution in [2.24, 2.45) is 0 Å². The first-order valence-electron chi connectivity index (χ1n) is 23.3. The van der Waals surface area contributed by atoms with Crippen molar-refractivity contribution < 1.29 is 58.8 Å². The predicted molar refractivity (Wildman–Crippen MR) is 265 cm³/mol. The molecule has 1 fully saturated rings. The second-order valence-electron chi connectivity index (χ2n) is 16.6. The van der Waals surface area contributed by atoms with Gasteiger partial charge in [-0.15, -0.1) is 0 Å². The van der Waals surface area contributed by atoms with E-state index in [-0.39, 0.29) is 109 Å². The van der Waals surface area contributed by atoms with Crippen LogP contribution in [0.4, 0.5) is 0 Å². The summed E-state index contributed by atoms with van der Waals surface area (Å²) in [5.74, 6) is -6.92. The number of rotatable bonds is 22. The van der Waals surface area contributed by atoms with E-state index in [1.54, 1.807) is 0 Å². The molecule has 1 aliphatic rings. The van der Waals surface area contributed by atoms with Gasteiger partial charge >= 0.3 is 0 Å². The van der Waals surface area contributed by atoms with Gasteiger partial charge in [-0.1, -0.05) is 37.1 Å². The zero-order chi connectivity index (χ0) is 52.5. The van der Waals surface area contributed by atoms with Crippen LogP contribution in [0.15, 0.2) is 72.8 Å². The van der Waals surface area contributed by atoms with E-state index in [4.69, 9.17) is 0 Å². The molecule has 1 saturated carbocycles. The number of benzene rings is 4. The molecule has 0 radical (unpaired) electrons. The SMILES string of the molecule is CNC(=O)c1cccc(C(=O)NCCN(CCNC(=O)c2cccc(C(=O)NC)c2O)[C@@H]2CCCC[C@H]2N(CCNC(=O)c2cccc(C(=O)NC)c2O)CCNC(=O)c2cccc(C(=O)NC)c2O)c1O. The second kappa shape index (κ2) is 26.1. The maximum absolute atomic E-state index is 13.5. The maximum atomic E-state index is 13.5. The van der Waals surface area contributed by atoms with Crippen molar-refractivity contribution in [3.63, 3.8) is 0 Å². The number of carbonyl (C=O) groups is 8. The van der Waals surface area contributed by atoms with Gasteiger partial charge in [0.25, 0.3) is 47.3 Å². The molecule has 384 valence electrons. The molecule has 0 saturated heterocycles. The van der Waals surface area contributed by atoms with Crippen molar-refractivity contribution in [2.45, 2.75) is 37.8 Å². The maximum Gasteiger partial charge on any atom is 0.255 e. The molecule has 22 heteroatoms. The molecule has 5 rings (SSSR count). The zero-order valence-corrected chi connectivity index (χ0v) is 40.5. The van der Waals surface area contributed by atoms with Gasteiger partial charge < -0.3 is 63.0 Å². The third kappa shape index (κ3) is 13.3. The Balaban J connectivity index is 1.42. The molecule has 0 bridgehead atoms. The van der Waals surface area contributed by atoms with Gasteiger partial charge in [-0.3, -0.25) is 48.2 Å². The summed E-state index contributed by atoms with van der Waals surface area (Å²) in [6.07, 6.45) is 2.85. The van der Waals surface area contributed by atoms with Crippen LogP contribution in [0, 0.1) is 0 Å². The van der Waals surface area contributed by atoms with Gasteiger partial charge in [0.1, 0.15) is 23.0 Å². The first-order chi connectivity index (χ1) is 34.6. The Bertz CT molecular complexity index is 2320. The highest BCUT2D eigenvalue weighted by Crippen LogP contribution is 2.29. The molecule has 4 aromatic rings. The van der Waals surface area contributed by atoms with E-state index in [0.29, 0.717) is 12.8 Å². The summed E-state index contributed by atoms with van der Waals surface area (Å²) in [5.41, 5.74) is -0.844. The summed E-state index contributed by atoms with van der Waals surface area (Å²) in [5, 5.41) is 64.4. The monoisotopic (exact) mass is 994 g/mol. The summed E-state index contributed by atoms with van der Waals surface area (Å²) in [4.78, 5) is 108. The number of nitrogens with one attached hydrogen (secondary N) is 8. The Morgan fingerprint density at radius 2 is 0.569 bits per heavy atom. The summed E-state index contributed by atoms with van der Waals surface area (Å²) in [6.45, 7) is 0.989.